The molecule has 1 aromatic carbocycles. The summed E-state index contributed by atoms with van der Waals surface area (Å²) in [6.07, 6.45) is 1.51. The summed E-state index contributed by atoms with van der Waals surface area (Å²) >= 11 is 6.94. The molecule has 21 heavy (non-hydrogen) atoms. The normalized spacial score (nSPS) is 11.5. The zero-order valence-electron chi connectivity index (χ0n) is 10.5. The largest absolute Gasteiger partial charge is 0.355 e. The van der Waals surface area contributed by atoms with Crippen molar-refractivity contribution in [2.45, 2.75) is 4.21 Å². The van der Waals surface area contributed by atoms with Crippen molar-refractivity contribution in [1.82, 2.24) is 5.16 Å². The quantitative estimate of drug-likeness (QED) is 0.782. The molecule has 0 radical (unpaired) electrons. The lowest BCUT2D eigenvalue weighted by Crippen LogP contribution is -2.11. The molecule has 0 unspecified atom stereocenters. The number of hydrogen-bond donors (Lipinski definition) is 1. The Hall–Kier alpha value is -1.83. The van der Waals surface area contributed by atoms with E-state index in [4.69, 9.17) is 16.1 Å². The van der Waals surface area contributed by atoms with Crippen LogP contribution in [0.5, 0.6) is 0 Å². The summed E-state index contributed by atoms with van der Waals surface area (Å²) in [6.45, 7) is 0. The highest BCUT2D eigenvalue weighted by atomic mass is 35.5. The molecule has 0 fully saturated rings. The lowest BCUT2D eigenvalue weighted by molar-refractivity contribution is 0.433. The van der Waals surface area contributed by atoms with Crippen LogP contribution in [0.4, 0.5) is 5.69 Å². The molecule has 2 aromatic heterocycles. The Kier molecular flexibility index (Phi) is 3.71. The molecule has 3 rings (SSSR count). The molecule has 1 N–H and O–H groups in total. The van der Waals surface area contributed by atoms with Gasteiger partial charge in [0.1, 0.15) is 4.21 Å². The van der Waals surface area contributed by atoms with Crippen LogP contribution in [0.15, 0.2) is 57.4 Å². The van der Waals surface area contributed by atoms with E-state index in [1.165, 1.54) is 12.3 Å². The fraction of sp³-hybridized carbons (Fsp3) is 0. The Bertz CT molecular complexity index is 857. The zero-order valence-corrected chi connectivity index (χ0v) is 12.9. The van der Waals surface area contributed by atoms with Crippen molar-refractivity contribution in [2.24, 2.45) is 0 Å². The van der Waals surface area contributed by atoms with Gasteiger partial charge in [-0.3, -0.25) is 4.72 Å². The highest BCUT2D eigenvalue weighted by Gasteiger charge is 2.18. The summed E-state index contributed by atoms with van der Waals surface area (Å²) in [6, 6.07) is 11.4. The molecular weight excluding hydrogens is 332 g/mol. The minimum absolute atomic E-state index is 0.189. The number of hydrogen-bond acceptors (Lipinski definition) is 5. The lowest BCUT2D eigenvalue weighted by atomic mass is 10.3. The summed E-state index contributed by atoms with van der Waals surface area (Å²) in [5.41, 5.74) is 0.414. The number of halogens is 1. The first-order valence-electron chi connectivity index (χ1n) is 5.84. The maximum atomic E-state index is 12.3. The molecule has 0 aliphatic heterocycles. The number of nitrogens with zero attached hydrogens (tertiary/aromatic N) is 1. The number of sulfonamides is 1. The van der Waals surface area contributed by atoms with E-state index in [1.54, 1.807) is 36.4 Å². The molecule has 3 aromatic rings. The van der Waals surface area contributed by atoms with Gasteiger partial charge in [0, 0.05) is 11.1 Å². The van der Waals surface area contributed by atoms with E-state index in [-0.39, 0.29) is 4.21 Å². The molecule has 2 heterocycles. The van der Waals surface area contributed by atoms with Gasteiger partial charge in [0.15, 0.2) is 5.76 Å². The summed E-state index contributed by atoms with van der Waals surface area (Å²) in [5, 5.41) is 4.06. The monoisotopic (exact) mass is 340 g/mol. The smallest absolute Gasteiger partial charge is 0.271 e. The fourth-order valence-corrected chi connectivity index (χ4v) is 4.20. The number of benzene rings is 1. The Labute approximate surface area is 130 Å². The zero-order chi connectivity index (χ0) is 14.9. The van der Waals surface area contributed by atoms with Gasteiger partial charge in [-0.1, -0.05) is 22.8 Å². The standard InChI is InChI=1S/C13H9ClN2O3S2/c14-9-2-1-3-10(8-9)16-21(17,18)13-5-4-12(20-13)11-6-7-15-19-11/h1-8,16H. The topological polar surface area (TPSA) is 72.2 Å². The molecule has 0 bridgehead atoms. The van der Waals surface area contributed by atoms with Gasteiger partial charge in [-0.25, -0.2) is 8.42 Å². The molecule has 0 saturated carbocycles. The van der Waals surface area contributed by atoms with Crippen molar-refractivity contribution in [1.29, 1.82) is 0 Å². The molecule has 0 amide bonds. The third-order valence-electron chi connectivity index (χ3n) is 2.60. The van der Waals surface area contributed by atoms with Crippen LogP contribution in [-0.2, 0) is 10.0 Å². The van der Waals surface area contributed by atoms with E-state index in [9.17, 15) is 8.42 Å². The first-order chi connectivity index (χ1) is 10.0. The number of nitrogens with one attached hydrogen (secondary N) is 1. The van der Waals surface area contributed by atoms with Crippen molar-refractivity contribution >= 4 is 38.6 Å². The van der Waals surface area contributed by atoms with Gasteiger partial charge in [-0.05, 0) is 30.3 Å². The van der Waals surface area contributed by atoms with E-state index < -0.39 is 10.0 Å². The van der Waals surface area contributed by atoms with Crippen molar-refractivity contribution < 1.29 is 12.9 Å². The summed E-state index contributed by atoms with van der Waals surface area (Å²) in [5.74, 6) is 0.532. The Balaban J connectivity index is 1.89. The SMILES string of the molecule is O=S(=O)(Nc1cccc(Cl)c1)c1ccc(-c2ccno2)s1. The molecule has 5 nitrogen and oxygen atoms in total. The van der Waals surface area contributed by atoms with Crippen LogP contribution in [0.2, 0.25) is 5.02 Å². The van der Waals surface area contributed by atoms with Gasteiger partial charge in [-0.2, -0.15) is 0 Å². The lowest BCUT2D eigenvalue weighted by Gasteiger charge is -2.06. The van der Waals surface area contributed by atoms with Gasteiger partial charge < -0.3 is 4.52 Å². The summed E-state index contributed by atoms with van der Waals surface area (Å²) in [7, 11) is -3.65. The van der Waals surface area contributed by atoms with Crippen LogP contribution < -0.4 is 4.72 Å². The van der Waals surface area contributed by atoms with Gasteiger partial charge >= 0.3 is 0 Å². The van der Waals surface area contributed by atoms with Gasteiger partial charge in [0.25, 0.3) is 10.0 Å². The second-order valence-corrected chi connectivity index (χ2v) is 7.54. The maximum absolute atomic E-state index is 12.3. The minimum atomic E-state index is -3.65. The number of aromatic nitrogens is 1. The van der Waals surface area contributed by atoms with E-state index in [2.05, 4.69) is 9.88 Å². The van der Waals surface area contributed by atoms with Crippen molar-refractivity contribution in [3.63, 3.8) is 0 Å². The Morgan fingerprint density at radius 1 is 1.19 bits per heavy atom. The summed E-state index contributed by atoms with van der Waals surface area (Å²) < 4.78 is 32.3. The van der Waals surface area contributed by atoms with Crippen LogP contribution in [-0.4, -0.2) is 13.6 Å². The summed E-state index contributed by atoms with van der Waals surface area (Å²) in [4.78, 5) is 0.693. The highest BCUT2D eigenvalue weighted by molar-refractivity contribution is 7.94. The van der Waals surface area contributed by atoms with E-state index in [0.29, 0.717) is 21.3 Å². The van der Waals surface area contributed by atoms with Crippen LogP contribution in [0, 0.1) is 0 Å². The average Bonchev–Trinajstić information content (AvgIpc) is 3.10. The Morgan fingerprint density at radius 2 is 2.05 bits per heavy atom. The number of anilines is 1. The maximum Gasteiger partial charge on any atom is 0.271 e. The van der Waals surface area contributed by atoms with Crippen LogP contribution >= 0.6 is 22.9 Å². The first-order valence-corrected chi connectivity index (χ1v) is 8.52. The van der Waals surface area contributed by atoms with Crippen LogP contribution in [0.1, 0.15) is 0 Å². The van der Waals surface area contributed by atoms with Crippen LogP contribution in [0.3, 0.4) is 0 Å². The molecule has 108 valence electrons. The van der Waals surface area contributed by atoms with Gasteiger partial charge in [0.2, 0.25) is 0 Å². The van der Waals surface area contributed by atoms with Gasteiger partial charge in [0.05, 0.1) is 16.8 Å². The fourth-order valence-electron chi connectivity index (χ4n) is 1.70. The predicted octanol–water partition coefficient (Wildman–Crippen LogP) is 3.86. The minimum Gasteiger partial charge on any atom is -0.355 e. The number of thiophene rings is 1. The third-order valence-corrected chi connectivity index (χ3v) is 5.81. The molecule has 0 aliphatic carbocycles. The molecule has 0 atom stereocenters. The highest BCUT2D eigenvalue weighted by Crippen LogP contribution is 2.31. The average molecular weight is 341 g/mol. The van der Waals surface area contributed by atoms with Crippen molar-refractivity contribution in [2.75, 3.05) is 4.72 Å². The molecule has 8 heteroatoms. The second kappa shape index (κ2) is 5.51. The second-order valence-electron chi connectivity index (χ2n) is 4.11. The van der Waals surface area contributed by atoms with Crippen LogP contribution in [0.25, 0.3) is 10.6 Å². The molecule has 0 spiro atoms. The van der Waals surface area contributed by atoms with Gasteiger partial charge in [-0.15, -0.1) is 11.3 Å². The van der Waals surface area contributed by atoms with E-state index in [0.717, 1.165) is 11.3 Å². The van der Waals surface area contributed by atoms with Crippen molar-refractivity contribution in [3.05, 3.63) is 53.7 Å². The molecule has 0 saturated heterocycles. The Morgan fingerprint density at radius 3 is 2.76 bits per heavy atom. The van der Waals surface area contributed by atoms with Crippen molar-refractivity contribution in [3.8, 4) is 10.6 Å². The van der Waals surface area contributed by atoms with E-state index in [1.807, 2.05) is 0 Å². The molecule has 0 aliphatic rings. The predicted molar refractivity (Wildman–Crippen MR) is 82.1 cm³/mol. The third kappa shape index (κ3) is 3.10. The van der Waals surface area contributed by atoms with E-state index >= 15 is 0 Å². The first kappa shape index (κ1) is 14.1. The molecular formula is C13H9ClN2O3S2. The number of rotatable bonds is 4.